The van der Waals surface area contributed by atoms with Gasteiger partial charge in [-0.3, -0.25) is 4.98 Å². The molecular weight excluding hydrogens is 678 g/mol. The van der Waals surface area contributed by atoms with Crippen LogP contribution in [0.2, 0.25) is 5.02 Å². The van der Waals surface area contributed by atoms with E-state index in [9.17, 15) is 30.3 Å². The van der Waals surface area contributed by atoms with Crippen LogP contribution in [-0.4, -0.2) is 110 Å². The van der Waals surface area contributed by atoms with Crippen LogP contribution in [0.3, 0.4) is 0 Å². The molecule has 0 saturated heterocycles. The molecule has 2 aliphatic carbocycles. The molecule has 51 heavy (non-hydrogen) atoms. The number of hydrogen-bond acceptors (Lipinski definition) is 10. The fourth-order valence-electron chi connectivity index (χ4n) is 6.17. The maximum absolute atomic E-state index is 12.7. The molecule has 2 fully saturated rings. The number of nitrogens with zero attached hydrogens (tertiary/aromatic N) is 2. The number of pyridine rings is 1. The van der Waals surface area contributed by atoms with Crippen LogP contribution in [0.25, 0.3) is 11.1 Å². The Hall–Kier alpha value is -3.33. The molecule has 0 unspecified atom stereocenters. The Morgan fingerprint density at radius 2 is 1.75 bits per heavy atom. The van der Waals surface area contributed by atoms with Crippen LogP contribution < -0.4 is 10.1 Å². The van der Waals surface area contributed by atoms with Gasteiger partial charge < -0.3 is 50.3 Å². The summed E-state index contributed by atoms with van der Waals surface area (Å²) in [5.41, 5.74) is 5.80. The summed E-state index contributed by atoms with van der Waals surface area (Å²) in [6.07, 6.45) is 3.25. The van der Waals surface area contributed by atoms with Gasteiger partial charge >= 0.3 is 6.03 Å². The number of hydrogen-bond donors (Lipinski definition) is 7. The van der Waals surface area contributed by atoms with E-state index in [4.69, 9.17) is 26.2 Å². The summed E-state index contributed by atoms with van der Waals surface area (Å²) < 4.78 is 12.9. The Morgan fingerprint density at radius 1 is 1.00 bits per heavy atom. The highest BCUT2D eigenvalue weighted by Gasteiger charge is 2.48. The van der Waals surface area contributed by atoms with Crippen molar-refractivity contribution in [3.8, 4) is 16.9 Å². The maximum Gasteiger partial charge on any atom is 0.317 e. The molecule has 2 aliphatic rings. The highest BCUT2D eigenvalue weighted by atomic mass is 35.5. The number of halogens is 1. The van der Waals surface area contributed by atoms with Gasteiger partial charge in [0.2, 0.25) is 0 Å². The van der Waals surface area contributed by atoms with E-state index < -0.39 is 49.2 Å². The molecule has 5 rings (SSSR count). The number of benzene rings is 2. The van der Waals surface area contributed by atoms with E-state index in [2.05, 4.69) is 22.4 Å². The first-order chi connectivity index (χ1) is 24.6. The summed E-state index contributed by atoms with van der Waals surface area (Å²) in [4.78, 5) is 18.6. The smallest absolute Gasteiger partial charge is 0.317 e. The lowest BCUT2D eigenvalue weighted by Crippen LogP contribution is -2.51. The SMILES string of the molecule is Cc1cc(COC2(c3cnccc3-c3ccccc3OC3CC3)CC2)c(Cl)cc1CCCCN(CCO)C(=O)NC[C@H](O)[C@@H](O)[C@H](O)[C@H](O)CO. The molecule has 1 heterocycles. The third-order valence-electron chi connectivity index (χ3n) is 9.59. The van der Waals surface area contributed by atoms with Crippen LogP contribution in [0.4, 0.5) is 4.79 Å². The van der Waals surface area contributed by atoms with Gasteiger partial charge in [0.1, 0.15) is 24.1 Å². The fraction of sp³-hybridized carbons (Fsp3) is 0.526. The lowest BCUT2D eigenvalue weighted by molar-refractivity contribution is -0.113. The minimum absolute atomic E-state index is 0.0681. The Labute approximate surface area is 303 Å². The molecule has 2 aromatic carbocycles. The van der Waals surface area contributed by atoms with Gasteiger partial charge in [0.05, 0.1) is 37.6 Å². The summed E-state index contributed by atoms with van der Waals surface area (Å²) in [7, 11) is 0. The zero-order valence-corrected chi connectivity index (χ0v) is 29.7. The van der Waals surface area contributed by atoms with Crippen molar-refractivity contribution in [1.82, 2.24) is 15.2 Å². The molecule has 13 heteroatoms. The number of aryl methyl sites for hydroxylation is 2. The molecular formula is C38H50ClN3O9. The van der Waals surface area contributed by atoms with Gasteiger partial charge in [0.15, 0.2) is 0 Å². The molecule has 2 saturated carbocycles. The first-order valence-corrected chi connectivity index (χ1v) is 18.0. The minimum Gasteiger partial charge on any atom is -0.490 e. The summed E-state index contributed by atoms with van der Waals surface area (Å²) >= 11 is 6.79. The monoisotopic (exact) mass is 727 g/mol. The van der Waals surface area contributed by atoms with Crippen LogP contribution in [0.15, 0.2) is 54.9 Å². The van der Waals surface area contributed by atoms with E-state index in [0.29, 0.717) is 24.6 Å². The van der Waals surface area contributed by atoms with E-state index in [0.717, 1.165) is 77.7 Å². The zero-order valence-electron chi connectivity index (χ0n) is 29.0. The number of amides is 2. The van der Waals surface area contributed by atoms with Crippen molar-refractivity contribution in [3.05, 3.63) is 82.1 Å². The van der Waals surface area contributed by atoms with Crippen molar-refractivity contribution >= 4 is 17.6 Å². The first-order valence-electron chi connectivity index (χ1n) is 17.7. The van der Waals surface area contributed by atoms with Crippen molar-refractivity contribution in [1.29, 1.82) is 0 Å². The number of aromatic nitrogens is 1. The quantitative estimate of drug-likeness (QED) is 0.0853. The van der Waals surface area contributed by atoms with Gasteiger partial charge in [-0.15, -0.1) is 0 Å². The Morgan fingerprint density at radius 3 is 2.45 bits per heavy atom. The molecule has 0 radical (unpaired) electrons. The molecule has 1 aromatic heterocycles. The van der Waals surface area contributed by atoms with Gasteiger partial charge in [0, 0.05) is 48.2 Å². The molecule has 3 aromatic rings. The number of ether oxygens (including phenoxy) is 2. The summed E-state index contributed by atoms with van der Waals surface area (Å²) in [5, 5.41) is 60.9. The molecule has 0 bridgehead atoms. The third kappa shape index (κ3) is 10.2. The summed E-state index contributed by atoms with van der Waals surface area (Å²) in [6.45, 7) is 1.34. The molecule has 278 valence electrons. The number of nitrogens with one attached hydrogen (secondary N) is 1. The molecule has 0 aliphatic heterocycles. The van der Waals surface area contributed by atoms with Crippen LogP contribution in [0.5, 0.6) is 5.75 Å². The van der Waals surface area contributed by atoms with Crippen LogP contribution >= 0.6 is 11.6 Å². The number of para-hydroxylation sites is 1. The molecule has 12 nitrogen and oxygen atoms in total. The van der Waals surface area contributed by atoms with Gasteiger partial charge in [0.25, 0.3) is 0 Å². The second-order valence-corrected chi connectivity index (χ2v) is 13.9. The van der Waals surface area contributed by atoms with E-state index in [-0.39, 0.29) is 19.3 Å². The topological polar surface area (TPSA) is 185 Å². The first kappa shape index (κ1) is 38.9. The largest absolute Gasteiger partial charge is 0.490 e. The van der Waals surface area contributed by atoms with E-state index in [1.165, 1.54) is 4.90 Å². The summed E-state index contributed by atoms with van der Waals surface area (Å²) in [5.74, 6) is 0.882. The van der Waals surface area contributed by atoms with Crippen molar-refractivity contribution in [2.24, 2.45) is 0 Å². The van der Waals surface area contributed by atoms with Gasteiger partial charge in [-0.1, -0.05) is 35.9 Å². The third-order valence-corrected chi connectivity index (χ3v) is 9.94. The van der Waals surface area contributed by atoms with E-state index in [1.807, 2.05) is 49.6 Å². The van der Waals surface area contributed by atoms with Gasteiger partial charge in [-0.2, -0.15) is 0 Å². The van der Waals surface area contributed by atoms with Crippen LogP contribution in [-0.2, 0) is 23.4 Å². The van der Waals surface area contributed by atoms with Crippen LogP contribution in [0, 0.1) is 6.92 Å². The number of aliphatic hydroxyl groups excluding tert-OH is 6. The van der Waals surface area contributed by atoms with Gasteiger partial charge in [-0.05, 0) is 92.3 Å². The van der Waals surface area contributed by atoms with E-state index >= 15 is 0 Å². The molecule has 4 atom stereocenters. The second-order valence-electron chi connectivity index (χ2n) is 13.5. The average molecular weight is 728 g/mol. The van der Waals surface area contributed by atoms with Gasteiger partial charge in [-0.25, -0.2) is 4.79 Å². The van der Waals surface area contributed by atoms with Crippen molar-refractivity contribution in [2.45, 2.75) is 94.6 Å². The highest BCUT2D eigenvalue weighted by Crippen LogP contribution is 2.53. The minimum atomic E-state index is -1.79. The summed E-state index contributed by atoms with van der Waals surface area (Å²) in [6, 6.07) is 13.7. The Kier molecular flexibility index (Phi) is 13.7. The number of aliphatic hydroxyl groups is 6. The molecule has 7 N–H and O–H groups in total. The van der Waals surface area contributed by atoms with E-state index in [1.54, 1.807) is 0 Å². The Bertz CT molecular complexity index is 1600. The normalized spacial score (nSPS) is 17.3. The van der Waals surface area contributed by atoms with Crippen molar-refractivity contribution in [3.63, 3.8) is 0 Å². The second kappa shape index (κ2) is 17.9. The van der Waals surface area contributed by atoms with Crippen molar-refractivity contribution < 1.29 is 44.9 Å². The molecule has 0 spiro atoms. The number of rotatable bonds is 20. The fourth-order valence-corrected chi connectivity index (χ4v) is 6.42. The van der Waals surface area contributed by atoms with Crippen molar-refractivity contribution in [2.75, 3.05) is 32.8 Å². The predicted molar refractivity (Wildman–Crippen MR) is 191 cm³/mol. The highest BCUT2D eigenvalue weighted by molar-refractivity contribution is 6.31. The standard InChI is InChI=1S/C38H50ClN3O9/c1-24-18-26(23-50-38(12-13-38)30-20-40-14-11-28(30)29-7-2-3-8-34(29)51-27-9-10-27)31(39)19-25(24)6-4-5-15-42(16-17-43)37(49)41-21-32(45)35(47)36(48)33(46)22-44/h2-3,7-8,11,14,18-20,27,32-33,35-36,43-48H,4-6,9-10,12-13,15-17,21-23H2,1H3,(H,41,49)/t32-,33+,35+,36+/m0/s1. The number of carbonyl (C=O) groups is 1. The van der Waals surface area contributed by atoms with Crippen LogP contribution in [0.1, 0.15) is 60.8 Å². The predicted octanol–water partition coefficient (Wildman–Crippen LogP) is 3.22. The maximum atomic E-state index is 12.7. The Balaban J connectivity index is 1.13. The zero-order chi connectivity index (χ0) is 36.5. The lowest BCUT2D eigenvalue weighted by atomic mass is 9.96. The lowest BCUT2D eigenvalue weighted by Gasteiger charge is -2.27. The number of urea groups is 1. The average Bonchev–Trinajstić information content (AvgIpc) is 4.09. The molecule has 2 amide bonds. The number of carbonyl (C=O) groups excluding carboxylic acids is 1. The number of unbranched alkanes of at least 4 members (excludes halogenated alkanes) is 1.